The van der Waals surface area contributed by atoms with Crippen LogP contribution in [0, 0.1) is 5.92 Å². The van der Waals surface area contributed by atoms with Crippen molar-refractivity contribution in [3.8, 4) is 0 Å². The van der Waals surface area contributed by atoms with E-state index in [1.165, 1.54) is 10.1 Å². The summed E-state index contributed by atoms with van der Waals surface area (Å²) in [6.45, 7) is -1.69. The maximum atomic E-state index is 12.6. The fourth-order valence-corrected chi connectivity index (χ4v) is 5.92. The molecule has 0 bridgehead atoms. The van der Waals surface area contributed by atoms with Crippen LogP contribution in [0.25, 0.3) is 0 Å². The van der Waals surface area contributed by atoms with Gasteiger partial charge in [-0.3, -0.25) is 0 Å². The number of nitrogens with one attached hydrogen (secondary N) is 1. The van der Waals surface area contributed by atoms with E-state index in [0.717, 1.165) is 0 Å². The first-order valence-corrected chi connectivity index (χ1v) is 9.35. The molecule has 0 saturated heterocycles. The van der Waals surface area contributed by atoms with Gasteiger partial charge in [0, 0.05) is 9.85 Å². The summed E-state index contributed by atoms with van der Waals surface area (Å²) >= 11 is 6.37. The van der Waals surface area contributed by atoms with Crippen molar-refractivity contribution in [2.24, 2.45) is 5.92 Å². The average molecular weight is 515 g/mol. The van der Waals surface area contributed by atoms with Crippen LogP contribution < -0.4 is 4.72 Å². The van der Waals surface area contributed by atoms with Crippen molar-refractivity contribution in [2.45, 2.75) is 22.6 Å². The lowest BCUT2D eigenvalue weighted by molar-refractivity contribution is -0.292. The highest BCUT2D eigenvalue weighted by Gasteiger charge is 2.60. The van der Waals surface area contributed by atoms with Gasteiger partial charge in [-0.25, -0.2) is 13.1 Å². The van der Waals surface area contributed by atoms with E-state index in [1.807, 2.05) is 0 Å². The summed E-state index contributed by atoms with van der Waals surface area (Å²) in [5.74, 6) is -4.04. The molecule has 0 fully saturated rings. The van der Waals surface area contributed by atoms with Crippen LogP contribution in [0.1, 0.15) is 0 Å². The van der Waals surface area contributed by atoms with Crippen molar-refractivity contribution in [3.63, 3.8) is 0 Å². The van der Waals surface area contributed by atoms with Crippen LogP contribution in [-0.2, 0) is 10.0 Å². The predicted molar refractivity (Wildman–Crippen MR) is 76.5 cm³/mol. The predicted octanol–water partition coefficient (Wildman–Crippen LogP) is 3.65. The van der Waals surface area contributed by atoms with Gasteiger partial charge in [-0.2, -0.15) is 26.3 Å². The largest absolute Gasteiger partial charge is 0.402 e. The Bertz CT molecular complexity index is 643. The number of rotatable bonds is 5. The third-order valence-corrected chi connectivity index (χ3v) is 8.35. The molecule has 0 spiro atoms. The van der Waals surface area contributed by atoms with Gasteiger partial charge >= 0.3 is 12.4 Å². The Morgan fingerprint density at radius 3 is 1.96 bits per heavy atom. The lowest BCUT2D eigenvalue weighted by Crippen LogP contribution is -2.54. The molecule has 0 radical (unpaired) electrons. The van der Waals surface area contributed by atoms with Crippen LogP contribution in [0.2, 0.25) is 0 Å². The van der Waals surface area contributed by atoms with Crippen LogP contribution in [0.15, 0.2) is 18.5 Å². The fourth-order valence-electron chi connectivity index (χ4n) is 1.59. The molecule has 2 N–H and O–H groups in total. The van der Waals surface area contributed by atoms with Crippen molar-refractivity contribution in [2.75, 3.05) is 6.61 Å². The molecule has 0 aliphatic rings. The highest BCUT2D eigenvalue weighted by atomic mass is 79.9. The maximum Gasteiger partial charge on any atom is 0.402 e. The highest BCUT2D eigenvalue weighted by molar-refractivity contribution is 9.13. The van der Waals surface area contributed by atoms with Gasteiger partial charge in [0.25, 0.3) is 10.0 Å². The van der Waals surface area contributed by atoms with Gasteiger partial charge < -0.3 is 5.11 Å². The normalized spacial score (nSPS) is 15.2. The first-order valence-electron chi connectivity index (χ1n) is 5.41. The molecule has 0 saturated carbocycles. The Morgan fingerprint density at radius 2 is 1.65 bits per heavy atom. The zero-order chi connectivity index (χ0) is 18.2. The Labute approximate surface area is 147 Å². The lowest BCUT2D eigenvalue weighted by Gasteiger charge is -2.29. The van der Waals surface area contributed by atoms with Gasteiger partial charge in [-0.05, 0) is 31.9 Å². The van der Waals surface area contributed by atoms with E-state index in [1.54, 1.807) is 0 Å². The molecule has 1 heterocycles. The molecule has 1 aromatic heterocycles. The zero-order valence-corrected chi connectivity index (χ0v) is 15.3. The van der Waals surface area contributed by atoms with Crippen molar-refractivity contribution in [3.05, 3.63) is 14.3 Å². The van der Waals surface area contributed by atoms with Crippen molar-refractivity contribution < 1.29 is 39.9 Å². The van der Waals surface area contributed by atoms with Gasteiger partial charge in [-0.1, -0.05) is 0 Å². The number of hydrogen-bond acceptors (Lipinski definition) is 4. The summed E-state index contributed by atoms with van der Waals surface area (Å²) in [5, 5.41) is 10.1. The summed E-state index contributed by atoms with van der Waals surface area (Å²) in [6.07, 6.45) is -11.6. The molecule has 4 nitrogen and oxygen atoms in total. The van der Waals surface area contributed by atoms with E-state index < -0.39 is 45.2 Å². The second-order valence-corrected chi connectivity index (χ2v) is 8.59. The number of aliphatic hydroxyl groups is 1. The van der Waals surface area contributed by atoms with E-state index >= 15 is 0 Å². The minimum atomic E-state index is -5.79. The smallest absolute Gasteiger partial charge is 0.395 e. The molecule has 0 amide bonds. The molecule has 1 rings (SSSR count). The first kappa shape index (κ1) is 21.2. The van der Waals surface area contributed by atoms with Crippen LogP contribution in [0.5, 0.6) is 0 Å². The van der Waals surface area contributed by atoms with Crippen molar-refractivity contribution in [1.82, 2.24) is 4.72 Å². The van der Waals surface area contributed by atoms with Gasteiger partial charge in [0.1, 0.15) is 4.21 Å². The molecule has 134 valence electrons. The topological polar surface area (TPSA) is 66.4 Å². The minimum absolute atomic E-state index is 0.0535. The van der Waals surface area contributed by atoms with E-state index in [2.05, 4.69) is 31.9 Å². The molecule has 23 heavy (non-hydrogen) atoms. The Hall–Kier alpha value is 0.110. The maximum absolute atomic E-state index is 12.6. The molecule has 1 aromatic rings. The van der Waals surface area contributed by atoms with Crippen LogP contribution in [-0.4, -0.2) is 38.5 Å². The van der Waals surface area contributed by atoms with Gasteiger partial charge in [-0.15, -0.1) is 11.3 Å². The van der Waals surface area contributed by atoms with Gasteiger partial charge in [0.15, 0.2) is 5.92 Å². The van der Waals surface area contributed by atoms with E-state index in [-0.39, 0.29) is 8.95 Å². The third kappa shape index (κ3) is 5.04. The number of aliphatic hydroxyl groups excluding tert-OH is 1. The lowest BCUT2D eigenvalue weighted by atomic mass is 10.00. The summed E-state index contributed by atoms with van der Waals surface area (Å²) < 4.78 is 101. The molecular weight excluding hydrogens is 508 g/mol. The third-order valence-electron chi connectivity index (χ3n) is 2.51. The summed E-state index contributed by atoms with van der Waals surface area (Å²) in [6, 6.07) is -2.81. The fraction of sp³-hybridized carbons (Fsp3) is 0.556. The summed E-state index contributed by atoms with van der Waals surface area (Å²) in [5.41, 5.74) is 0. The molecule has 1 atom stereocenters. The molecule has 0 aliphatic heterocycles. The van der Waals surface area contributed by atoms with Crippen molar-refractivity contribution >= 4 is 53.2 Å². The summed E-state index contributed by atoms with van der Waals surface area (Å²) in [7, 11) is -4.72. The Morgan fingerprint density at radius 1 is 1.17 bits per heavy atom. The second-order valence-electron chi connectivity index (χ2n) is 4.16. The van der Waals surface area contributed by atoms with Gasteiger partial charge in [0.2, 0.25) is 0 Å². The highest BCUT2D eigenvalue weighted by Crippen LogP contribution is 2.42. The second kappa shape index (κ2) is 7.15. The Balaban J connectivity index is 3.23. The van der Waals surface area contributed by atoms with Crippen LogP contribution in [0.4, 0.5) is 26.3 Å². The SMILES string of the molecule is O=S(=O)(NC(CO)C(C(F)(F)F)C(F)(F)F)c1scc(Br)c1Br. The number of halogens is 8. The summed E-state index contributed by atoms with van der Waals surface area (Å²) in [4.78, 5) is 0. The quantitative estimate of drug-likeness (QED) is 0.589. The number of thiophene rings is 1. The van der Waals surface area contributed by atoms with E-state index in [9.17, 15) is 34.8 Å². The number of sulfonamides is 1. The Kier molecular flexibility index (Phi) is 6.58. The van der Waals surface area contributed by atoms with Crippen molar-refractivity contribution in [1.29, 1.82) is 0 Å². The van der Waals surface area contributed by atoms with Crippen LogP contribution in [0.3, 0.4) is 0 Å². The molecule has 1 unspecified atom stereocenters. The number of hydrogen-bond donors (Lipinski definition) is 2. The van der Waals surface area contributed by atoms with E-state index in [0.29, 0.717) is 11.3 Å². The molecule has 14 heteroatoms. The zero-order valence-electron chi connectivity index (χ0n) is 10.5. The first-order chi connectivity index (χ1) is 10.2. The average Bonchev–Trinajstić information content (AvgIpc) is 2.65. The minimum Gasteiger partial charge on any atom is -0.395 e. The monoisotopic (exact) mass is 513 g/mol. The molecular formula is C9H7Br2F6NO3S2. The van der Waals surface area contributed by atoms with Gasteiger partial charge in [0.05, 0.1) is 17.1 Å². The van der Waals surface area contributed by atoms with Crippen LogP contribution >= 0.6 is 43.2 Å². The standard InChI is InChI=1S/C9H7Br2F6NO3S2/c10-3-2-22-7(5(3)11)23(20,21)18-4(1-19)6(8(12,13)14)9(15,16)17/h2,4,6,18-19H,1H2. The molecule has 0 aliphatic carbocycles. The molecule has 0 aromatic carbocycles. The number of alkyl halides is 6. The van der Waals surface area contributed by atoms with E-state index in [4.69, 9.17) is 5.11 Å².